The van der Waals surface area contributed by atoms with E-state index in [1.165, 1.54) is 18.0 Å². The molecular formula is C19H20N4O2. The van der Waals surface area contributed by atoms with Crippen molar-refractivity contribution < 1.29 is 9.59 Å². The highest BCUT2D eigenvalue weighted by atomic mass is 16.2. The number of carbonyl (C=O) groups is 2. The van der Waals surface area contributed by atoms with E-state index in [9.17, 15) is 9.59 Å². The maximum Gasteiger partial charge on any atom is 0.255 e. The van der Waals surface area contributed by atoms with Crippen LogP contribution in [-0.2, 0) is 4.79 Å². The van der Waals surface area contributed by atoms with E-state index in [-0.39, 0.29) is 17.2 Å². The second-order valence-electron chi connectivity index (χ2n) is 7.10. The normalized spacial score (nSPS) is 22.8. The Labute approximate surface area is 146 Å². The molecule has 1 aromatic carbocycles. The zero-order chi connectivity index (χ0) is 17.4. The van der Waals surface area contributed by atoms with Crippen molar-refractivity contribution in [1.29, 1.82) is 0 Å². The lowest BCUT2D eigenvalue weighted by Crippen LogP contribution is -2.34. The van der Waals surface area contributed by atoms with Gasteiger partial charge in [-0.15, -0.1) is 0 Å². The lowest BCUT2D eigenvalue weighted by Gasteiger charge is -2.24. The molecule has 0 radical (unpaired) electrons. The van der Waals surface area contributed by atoms with E-state index in [1.54, 1.807) is 6.07 Å². The molecule has 3 heterocycles. The number of likely N-dealkylation sites (tertiary alicyclic amines) is 1. The van der Waals surface area contributed by atoms with Crippen LogP contribution in [0.1, 0.15) is 28.8 Å². The number of aryl methyl sites for hydroxylation is 1. The van der Waals surface area contributed by atoms with Crippen LogP contribution in [0, 0.1) is 12.3 Å². The first kappa shape index (κ1) is 15.7. The first-order valence-electron chi connectivity index (χ1n) is 8.49. The van der Waals surface area contributed by atoms with Gasteiger partial charge in [0.1, 0.15) is 0 Å². The fourth-order valence-corrected chi connectivity index (χ4v) is 3.84. The highest BCUT2D eigenvalue weighted by Crippen LogP contribution is 2.42. The molecule has 25 heavy (non-hydrogen) atoms. The van der Waals surface area contributed by atoms with Crippen LogP contribution < -0.4 is 4.90 Å². The van der Waals surface area contributed by atoms with Crippen molar-refractivity contribution in [3.05, 3.63) is 53.9 Å². The molecule has 6 heteroatoms. The average molecular weight is 336 g/mol. The minimum absolute atomic E-state index is 0.0343. The van der Waals surface area contributed by atoms with Crippen molar-refractivity contribution in [2.75, 3.05) is 24.5 Å². The van der Waals surface area contributed by atoms with Crippen molar-refractivity contribution in [2.45, 2.75) is 19.8 Å². The molecule has 6 nitrogen and oxygen atoms in total. The lowest BCUT2D eigenvalue weighted by molar-refractivity contribution is -0.117. The van der Waals surface area contributed by atoms with Gasteiger partial charge in [0.15, 0.2) is 0 Å². The van der Waals surface area contributed by atoms with E-state index in [0.29, 0.717) is 31.6 Å². The molecule has 4 rings (SSSR count). The summed E-state index contributed by atoms with van der Waals surface area (Å²) in [6.45, 7) is 4.00. The summed E-state index contributed by atoms with van der Waals surface area (Å²) in [7, 11) is 0. The van der Waals surface area contributed by atoms with Gasteiger partial charge in [0, 0.05) is 37.2 Å². The van der Waals surface area contributed by atoms with Crippen LogP contribution in [0.2, 0.25) is 0 Å². The minimum atomic E-state index is -0.141. The van der Waals surface area contributed by atoms with Crippen molar-refractivity contribution in [2.24, 2.45) is 5.41 Å². The molecule has 128 valence electrons. The predicted molar refractivity (Wildman–Crippen MR) is 93.1 cm³/mol. The van der Waals surface area contributed by atoms with Gasteiger partial charge in [-0.25, -0.2) is 0 Å². The van der Waals surface area contributed by atoms with Crippen molar-refractivity contribution >= 4 is 17.5 Å². The number of anilines is 1. The third kappa shape index (κ3) is 2.88. The Morgan fingerprint density at radius 2 is 1.92 bits per heavy atom. The zero-order valence-corrected chi connectivity index (χ0v) is 14.2. The second-order valence-corrected chi connectivity index (χ2v) is 7.10. The summed E-state index contributed by atoms with van der Waals surface area (Å²) in [6.07, 6.45) is 4.37. The maximum absolute atomic E-state index is 12.6. The maximum atomic E-state index is 12.6. The topological polar surface area (TPSA) is 66.4 Å². The number of benzene rings is 1. The lowest BCUT2D eigenvalue weighted by atomic mass is 9.86. The van der Waals surface area contributed by atoms with Crippen molar-refractivity contribution in [3.8, 4) is 0 Å². The van der Waals surface area contributed by atoms with Gasteiger partial charge in [-0.1, -0.05) is 17.7 Å². The fraction of sp³-hybridized carbons (Fsp3) is 0.368. The molecule has 2 amide bonds. The Morgan fingerprint density at radius 1 is 1.12 bits per heavy atom. The summed E-state index contributed by atoms with van der Waals surface area (Å²) < 4.78 is 0. The SMILES string of the molecule is Cc1ccc(N2C[C@]3(CCN(C(=O)c4ccnnc4)C3)CC2=O)cc1. The van der Waals surface area contributed by atoms with Crippen LogP contribution in [0.5, 0.6) is 0 Å². The quantitative estimate of drug-likeness (QED) is 0.842. The molecule has 0 aliphatic carbocycles. The van der Waals surface area contributed by atoms with E-state index >= 15 is 0 Å². The number of aromatic nitrogens is 2. The van der Waals surface area contributed by atoms with Gasteiger partial charge in [-0.05, 0) is 31.5 Å². The minimum Gasteiger partial charge on any atom is -0.338 e. The van der Waals surface area contributed by atoms with Gasteiger partial charge in [0.25, 0.3) is 5.91 Å². The van der Waals surface area contributed by atoms with Gasteiger partial charge in [-0.2, -0.15) is 10.2 Å². The Kier molecular flexibility index (Phi) is 3.75. The summed E-state index contributed by atoms with van der Waals surface area (Å²) in [4.78, 5) is 28.9. The monoisotopic (exact) mass is 336 g/mol. The molecule has 0 unspecified atom stereocenters. The Morgan fingerprint density at radius 3 is 2.64 bits per heavy atom. The first-order chi connectivity index (χ1) is 12.1. The molecule has 2 aliphatic heterocycles. The number of amides is 2. The standard InChI is InChI=1S/C19H20N4O2/c1-14-2-4-16(5-3-14)23-13-19(10-17(23)24)7-9-22(12-19)18(25)15-6-8-20-21-11-15/h2-6,8,11H,7,9-10,12-13H2,1H3/t19-/m1/s1. The van der Waals surface area contributed by atoms with Gasteiger partial charge in [0.2, 0.25) is 5.91 Å². The van der Waals surface area contributed by atoms with Crippen molar-refractivity contribution in [1.82, 2.24) is 15.1 Å². The van der Waals surface area contributed by atoms with Gasteiger partial charge < -0.3 is 9.80 Å². The molecule has 1 aromatic heterocycles. The number of hydrogen-bond acceptors (Lipinski definition) is 4. The third-order valence-electron chi connectivity index (χ3n) is 5.22. The van der Waals surface area contributed by atoms with Crippen LogP contribution >= 0.6 is 0 Å². The second kappa shape index (κ2) is 5.95. The van der Waals surface area contributed by atoms with E-state index < -0.39 is 0 Å². The molecular weight excluding hydrogens is 316 g/mol. The van der Waals surface area contributed by atoms with Crippen LogP contribution in [0.15, 0.2) is 42.7 Å². The summed E-state index contributed by atoms with van der Waals surface area (Å²) in [5, 5.41) is 7.49. The summed E-state index contributed by atoms with van der Waals surface area (Å²) in [6, 6.07) is 9.71. The fourth-order valence-electron chi connectivity index (χ4n) is 3.84. The largest absolute Gasteiger partial charge is 0.338 e. The smallest absolute Gasteiger partial charge is 0.255 e. The van der Waals surface area contributed by atoms with E-state index in [2.05, 4.69) is 10.2 Å². The molecule has 0 N–H and O–H groups in total. The molecule has 2 aromatic rings. The van der Waals surface area contributed by atoms with Gasteiger partial charge in [-0.3, -0.25) is 9.59 Å². The summed E-state index contributed by atoms with van der Waals surface area (Å²) in [5.74, 6) is 0.108. The summed E-state index contributed by atoms with van der Waals surface area (Å²) >= 11 is 0. The van der Waals surface area contributed by atoms with Gasteiger partial charge >= 0.3 is 0 Å². The number of hydrogen-bond donors (Lipinski definition) is 0. The van der Waals surface area contributed by atoms with Crippen LogP contribution in [-0.4, -0.2) is 46.5 Å². The first-order valence-corrected chi connectivity index (χ1v) is 8.49. The van der Waals surface area contributed by atoms with Crippen LogP contribution in [0.3, 0.4) is 0 Å². The molecule has 0 bridgehead atoms. The number of carbonyl (C=O) groups excluding carboxylic acids is 2. The third-order valence-corrected chi connectivity index (χ3v) is 5.22. The van der Waals surface area contributed by atoms with Crippen molar-refractivity contribution in [3.63, 3.8) is 0 Å². The molecule has 2 aliphatic rings. The van der Waals surface area contributed by atoms with E-state index in [4.69, 9.17) is 0 Å². The molecule has 0 saturated carbocycles. The Hall–Kier alpha value is -2.76. The average Bonchev–Trinajstić information content (AvgIpc) is 3.19. The Bertz CT molecular complexity index is 806. The van der Waals surface area contributed by atoms with Crippen LogP contribution in [0.4, 0.5) is 5.69 Å². The molecule has 1 spiro atoms. The van der Waals surface area contributed by atoms with Gasteiger partial charge in [0.05, 0.1) is 18.0 Å². The van der Waals surface area contributed by atoms with E-state index in [1.807, 2.05) is 41.0 Å². The predicted octanol–water partition coefficient (Wildman–Crippen LogP) is 2.05. The zero-order valence-electron chi connectivity index (χ0n) is 14.2. The Balaban J connectivity index is 1.50. The molecule has 2 fully saturated rings. The summed E-state index contributed by atoms with van der Waals surface area (Å²) in [5.41, 5.74) is 2.52. The van der Waals surface area contributed by atoms with Crippen LogP contribution in [0.25, 0.3) is 0 Å². The molecule has 1 atom stereocenters. The highest BCUT2D eigenvalue weighted by Gasteiger charge is 2.48. The molecule has 2 saturated heterocycles. The highest BCUT2D eigenvalue weighted by molar-refractivity contribution is 5.97. The van der Waals surface area contributed by atoms with E-state index in [0.717, 1.165) is 12.1 Å². The number of rotatable bonds is 2. The number of nitrogens with zero attached hydrogens (tertiary/aromatic N) is 4.